The van der Waals surface area contributed by atoms with Gasteiger partial charge >= 0.3 is 0 Å². The molecule has 19 heavy (non-hydrogen) atoms. The second-order valence-corrected chi connectivity index (χ2v) is 4.83. The van der Waals surface area contributed by atoms with E-state index in [4.69, 9.17) is 10.5 Å². The zero-order valence-electron chi connectivity index (χ0n) is 11.7. The smallest absolute Gasteiger partial charge is 0.122 e. The van der Waals surface area contributed by atoms with Crippen LogP contribution in [0.1, 0.15) is 23.6 Å². The maximum Gasteiger partial charge on any atom is 0.122 e. The summed E-state index contributed by atoms with van der Waals surface area (Å²) in [5, 5.41) is 0. The van der Waals surface area contributed by atoms with Crippen LogP contribution in [0.4, 0.5) is 0 Å². The Kier molecular flexibility index (Phi) is 4.63. The van der Waals surface area contributed by atoms with Gasteiger partial charge in [-0.1, -0.05) is 18.2 Å². The summed E-state index contributed by atoms with van der Waals surface area (Å²) >= 11 is 0. The molecular weight excluding hydrogens is 236 g/mol. The Balaban J connectivity index is 2.06. The van der Waals surface area contributed by atoms with Crippen LogP contribution in [0.2, 0.25) is 0 Å². The molecule has 0 amide bonds. The third kappa shape index (κ3) is 3.18. The van der Waals surface area contributed by atoms with Crippen molar-refractivity contribution in [2.24, 2.45) is 12.8 Å². The molecule has 3 heteroatoms. The van der Waals surface area contributed by atoms with Crippen molar-refractivity contribution in [1.82, 2.24) is 4.57 Å². The lowest BCUT2D eigenvalue weighted by molar-refractivity contribution is 0.408. The highest BCUT2D eigenvalue weighted by molar-refractivity contribution is 5.33. The number of nitrogens with zero attached hydrogens (tertiary/aromatic N) is 1. The third-order valence-electron chi connectivity index (χ3n) is 3.64. The Morgan fingerprint density at radius 3 is 2.63 bits per heavy atom. The Morgan fingerprint density at radius 1 is 1.21 bits per heavy atom. The van der Waals surface area contributed by atoms with Gasteiger partial charge in [-0.05, 0) is 36.6 Å². The topological polar surface area (TPSA) is 40.2 Å². The van der Waals surface area contributed by atoms with Gasteiger partial charge in [0.25, 0.3) is 0 Å². The maximum atomic E-state index is 5.92. The average Bonchev–Trinajstić information content (AvgIpc) is 2.86. The van der Waals surface area contributed by atoms with E-state index < -0.39 is 0 Å². The van der Waals surface area contributed by atoms with Crippen molar-refractivity contribution in [2.75, 3.05) is 13.7 Å². The SMILES string of the molecule is COc1ccccc1CCC(CN)c1cccn1C. The molecule has 0 aliphatic carbocycles. The van der Waals surface area contributed by atoms with Crippen LogP contribution in [-0.2, 0) is 13.5 Å². The van der Waals surface area contributed by atoms with E-state index >= 15 is 0 Å². The van der Waals surface area contributed by atoms with E-state index in [-0.39, 0.29) is 0 Å². The lowest BCUT2D eigenvalue weighted by Crippen LogP contribution is -2.16. The summed E-state index contributed by atoms with van der Waals surface area (Å²) in [5.74, 6) is 1.36. The summed E-state index contributed by atoms with van der Waals surface area (Å²) in [4.78, 5) is 0. The summed E-state index contributed by atoms with van der Waals surface area (Å²) < 4.78 is 7.54. The van der Waals surface area contributed by atoms with Gasteiger partial charge in [-0.25, -0.2) is 0 Å². The molecule has 0 aliphatic rings. The van der Waals surface area contributed by atoms with Crippen LogP contribution in [-0.4, -0.2) is 18.2 Å². The lowest BCUT2D eigenvalue weighted by atomic mass is 9.96. The van der Waals surface area contributed by atoms with Gasteiger partial charge in [0.05, 0.1) is 7.11 Å². The van der Waals surface area contributed by atoms with Crippen molar-refractivity contribution in [3.63, 3.8) is 0 Å². The molecule has 0 bridgehead atoms. The van der Waals surface area contributed by atoms with Gasteiger partial charge in [-0.15, -0.1) is 0 Å². The first-order chi connectivity index (χ1) is 9.26. The van der Waals surface area contributed by atoms with E-state index in [1.54, 1.807) is 7.11 Å². The van der Waals surface area contributed by atoms with Crippen LogP contribution in [0.15, 0.2) is 42.6 Å². The minimum absolute atomic E-state index is 0.393. The van der Waals surface area contributed by atoms with Crippen LogP contribution in [0, 0.1) is 0 Å². The largest absolute Gasteiger partial charge is 0.496 e. The summed E-state index contributed by atoms with van der Waals surface area (Å²) in [6.07, 6.45) is 4.09. The monoisotopic (exact) mass is 258 g/mol. The van der Waals surface area contributed by atoms with Gasteiger partial charge in [0, 0.05) is 31.4 Å². The molecular formula is C16H22N2O. The van der Waals surface area contributed by atoms with Gasteiger partial charge < -0.3 is 15.0 Å². The first-order valence-electron chi connectivity index (χ1n) is 6.69. The average molecular weight is 258 g/mol. The summed E-state index contributed by atoms with van der Waals surface area (Å²) in [6.45, 7) is 0.674. The number of aryl methyl sites for hydroxylation is 2. The molecule has 0 saturated heterocycles. The number of ether oxygens (including phenoxy) is 1. The molecule has 2 aromatic rings. The predicted molar refractivity (Wildman–Crippen MR) is 78.5 cm³/mol. The van der Waals surface area contributed by atoms with Gasteiger partial charge in [0.1, 0.15) is 5.75 Å². The molecule has 1 atom stereocenters. The van der Waals surface area contributed by atoms with E-state index in [1.807, 2.05) is 12.1 Å². The molecule has 1 heterocycles. The van der Waals surface area contributed by atoms with Crippen molar-refractivity contribution in [1.29, 1.82) is 0 Å². The second-order valence-electron chi connectivity index (χ2n) is 4.83. The minimum Gasteiger partial charge on any atom is -0.496 e. The lowest BCUT2D eigenvalue weighted by Gasteiger charge is -2.17. The highest BCUT2D eigenvalue weighted by atomic mass is 16.5. The summed E-state index contributed by atoms with van der Waals surface area (Å²) in [5.41, 5.74) is 8.47. The van der Waals surface area contributed by atoms with Crippen molar-refractivity contribution in [2.45, 2.75) is 18.8 Å². The highest BCUT2D eigenvalue weighted by Gasteiger charge is 2.13. The molecule has 3 nitrogen and oxygen atoms in total. The van der Waals surface area contributed by atoms with Crippen LogP contribution in [0.5, 0.6) is 5.75 Å². The van der Waals surface area contributed by atoms with Crippen molar-refractivity contribution < 1.29 is 4.74 Å². The van der Waals surface area contributed by atoms with Crippen LogP contribution < -0.4 is 10.5 Å². The van der Waals surface area contributed by atoms with E-state index in [0.717, 1.165) is 18.6 Å². The summed E-state index contributed by atoms with van der Waals surface area (Å²) in [6, 6.07) is 12.4. The number of aromatic nitrogens is 1. The van der Waals surface area contributed by atoms with Crippen molar-refractivity contribution in [3.8, 4) is 5.75 Å². The van der Waals surface area contributed by atoms with Crippen LogP contribution in [0.3, 0.4) is 0 Å². The third-order valence-corrected chi connectivity index (χ3v) is 3.64. The normalized spacial score (nSPS) is 12.4. The number of nitrogens with two attached hydrogens (primary N) is 1. The first-order valence-corrected chi connectivity index (χ1v) is 6.69. The quantitative estimate of drug-likeness (QED) is 0.865. The zero-order valence-corrected chi connectivity index (χ0v) is 11.7. The molecule has 0 radical (unpaired) electrons. The number of para-hydroxylation sites is 1. The Morgan fingerprint density at radius 2 is 2.00 bits per heavy atom. The molecule has 1 aromatic heterocycles. The molecule has 0 fully saturated rings. The van der Waals surface area contributed by atoms with Crippen molar-refractivity contribution in [3.05, 3.63) is 53.9 Å². The number of hydrogen-bond acceptors (Lipinski definition) is 2. The van der Waals surface area contributed by atoms with Gasteiger partial charge in [0.2, 0.25) is 0 Å². The van der Waals surface area contributed by atoms with Gasteiger partial charge in [0.15, 0.2) is 0 Å². The molecule has 2 N–H and O–H groups in total. The maximum absolute atomic E-state index is 5.92. The predicted octanol–water partition coefficient (Wildman–Crippen LogP) is 2.71. The van der Waals surface area contributed by atoms with E-state index in [1.165, 1.54) is 11.3 Å². The molecule has 0 spiro atoms. The second kappa shape index (κ2) is 6.43. The van der Waals surface area contributed by atoms with Crippen LogP contribution >= 0.6 is 0 Å². The number of methoxy groups -OCH3 is 1. The van der Waals surface area contributed by atoms with Gasteiger partial charge in [-0.2, -0.15) is 0 Å². The molecule has 1 aromatic carbocycles. The summed E-state index contributed by atoms with van der Waals surface area (Å²) in [7, 11) is 3.79. The molecule has 102 valence electrons. The van der Waals surface area contributed by atoms with Gasteiger partial charge in [-0.3, -0.25) is 0 Å². The minimum atomic E-state index is 0.393. The molecule has 1 unspecified atom stereocenters. The van der Waals surface area contributed by atoms with E-state index in [2.05, 4.69) is 42.1 Å². The molecule has 0 saturated carbocycles. The van der Waals surface area contributed by atoms with E-state index in [0.29, 0.717) is 12.5 Å². The molecule has 2 rings (SSSR count). The van der Waals surface area contributed by atoms with Crippen LogP contribution in [0.25, 0.3) is 0 Å². The number of rotatable bonds is 6. The highest BCUT2D eigenvalue weighted by Crippen LogP contribution is 2.24. The Labute approximate surface area is 115 Å². The zero-order chi connectivity index (χ0) is 13.7. The fourth-order valence-electron chi connectivity index (χ4n) is 2.52. The first kappa shape index (κ1) is 13.7. The molecule has 0 aliphatic heterocycles. The Hall–Kier alpha value is -1.74. The fourth-order valence-corrected chi connectivity index (χ4v) is 2.52. The Bertz CT molecular complexity index is 519. The fraction of sp³-hybridized carbons (Fsp3) is 0.375. The van der Waals surface area contributed by atoms with E-state index in [9.17, 15) is 0 Å². The van der Waals surface area contributed by atoms with Crippen molar-refractivity contribution >= 4 is 0 Å². The number of hydrogen-bond donors (Lipinski definition) is 1. The number of benzene rings is 1. The standard InChI is InChI=1S/C16H22N2O/c1-18-11-5-7-15(18)14(12-17)10-9-13-6-3-4-8-16(13)19-2/h3-8,11,14H,9-10,12,17H2,1-2H3.